The fourth-order valence-corrected chi connectivity index (χ4v) is 0.756. The Labute approximate surface area is 93.5 Å². The molecule has 5 heteroatoms. The van der Waals surface area contributed by atoms with Gasteiger partial charge in [-0.3, -0.25) is 0 Å². The van der Waals surface area contributed by atoms with Crippen LogP contribution in [0.2, 0.25) is 0 Å². The van der Waals surface area contributed by atoms with E-state index in [1.54, 1.807) is 12.1 Å². The Balaban J connectivity index is 0.00000121. The zero-order chi connectivity index (χ0) is 8.27. The molecule has 0 atom stereocenters. The summed E-state index contributed by atoms with van der Waals surface area (Å²) < 4.78 is 4.42. The molecule has 0 aliphatic rings. The van der Waals surface area contributed by atoms with Crippen molar-refractivity contribution in [2.75, 3.05) is 0 Å². The van der Waals surface area contributed by atoms with Crippen molar-refractivity contribution in [3.63, 3.8) is 0 Å². The van der Waals surface area contributed by atoms with E-state index in [1.807, 2.05) is 0 Å². The third kappa shape index (κ3) is 2.55. The van der Waals surface area contributed by atoms with Crippen LogP contribution in [0.25, 0.3) is 0 Å². The zero-order valence-corrected chi connectivity index (χ0v) is 6.07. The predicted molar refractivity (Wildman–Crippen MR) is 49.2 cm³/mol. The number of carbonyl (C=O) groups excluding carboxylic acids is 1. The number of benzene rings is 1. The van der Waals surface area contributed by atoms with Crippen molar-refractivity contribution in [2.45, 2.75) is 0 Å². The molecule has 58 valence electrons. The minimum atomic E-state index is -0.525. The number of hydrogen-bond donors (Lipinski definition) is 1. The topological polar surface area (TPSA) is 46.5 Å². The zero-order valence-electron chi connectivity index (χ0n) is 6.07. The summed E-state index contributed by atoms with van der Waals surface area (Å²) in [6.07, 6.45) is 0. The van der Waals surface area contributed by atoms with E-state index >= 15 is 0 Å². The van der Waals surface area contributed by atoms with Crippen molar-refractivity contribution in [1.82, 2.24) is 0 Å². The first kappa shape index (κ1) is 11.6. The molecule has 0 bridgehead atoms. The summed E-state index contributed by atoms with van der Waals surface area (Å²) in [6.45, 7) is 0. The van der Waals surface area contributed by atoms with Gasteiger partial charge in [0.25, 0.3) is 0 Å². The summed E-state index contributed by atoms with van der Waals surface area (Å²) in [5.74, 6) is -0.581. The molecule has 0 unspecified atom stereocenters. The molecule has 0 aliphatic heterocycles. The SMILES string of the molecule is BOC(=O)c1ccccc1O.[NaH]. The second kappa shape index (κ2) is 5.24. The molecule has 1 aromatic carbocycles. The molecule has 3 nitrogen and oxygen atoms in total. The van der Waals surface area contributed by atoms with Crippen molar-refractivity contribution >= 4 is 43.6 Å². The first-order valence-corrected chi connectivity index (χ1v) is 3.12. The molecule has 0 aromatic heterocycles. The Kier molecular flexibility index (Phi) is 5.05. The summed E-state index contributed by atoms with van der Waals surface area (Å²) in [4.78, 5) is 10.9. The Bertz CT molecular complexity index is 277. The molecule has 1 N–H and O–H groups in total. The van der Waals surface area contributed by atoms with Crippen LogP contribution in [-0.4, -0.2) is 48.7 Å². The molecule has 0 fully saturated rings. The van der Waals surface area contributed by atoms with Gasteiger partial charge < -0.3 is 9.76 Å². The molecule has 0 saturated heterocycles. The molecule has 1 aromatic rings. The van der Waals surface area contributed by atoms with Crippen LogP contribution >= 0.6 is 0 Å². The first-order chi connectivity index (χ1) is 5.25. The molecule has 0 spiro atoms. The number of rotatable bonds is 1. The molecular weight excluding hydrogens is 166 g/mol. The molecule has 1 rings (SSSR count). The van der Waals surface area contributed by atoms with Crippen LogP contribution in [0.5, 0.6) is 5.75 Å². The van der Waals surface area contributed by atoms with E-state index in [4.69, 9.17) is 5.11 Å². The maximum absolute atomic E-state index is 10.9. The van der Waals surface area contributed by atoms with E-state index < -0.39 is 5.97 Å². The minimum absolute atomic E-state index is 0. The van der Waals surface area contributed by atoms with Gasteiger partial charge in [-0.2, -0.15) is 0 Å². The first-order valence-electron chi connectivity index (χ1n) is 3.12. The van der Waals surface area contributed by atoms with E-state index in [-0.39, 0.29) is 40.9 Å². The Morgan fingerprint density at radius 2 is 2.00 bits per heavy atom. The van der Waals surface area contributed by atoms with Crippen LogP contribution in [-0.2, 0) is 4.65 Å². The summed E-state index contributed by atoms with van der Waals surface area (Å²) in [5.41, 5.74) is 0.190. The molecule has 0 heterocycles. The summed E-state index contributed by atoms with van der Waals surface area (Å²) in [5, 5.41) is 9.11. The molecule has 0 amide bonds. The summed E-state index contributed by atoms with van der Waals surface area (Å²) in [6, 6.07) is 6.24. The fraction of sp³-hybridized carbons (Fsp3) is 0. The van der Waals surface area contributed by atoms with Gasteiger partial charge in [0.15, 0.2) is 0 Å². The van der Waals surface area contributed by atoms with Crippen molar-refractivity contribution in [3.8, 4) is 5.75 Å². The van der Waals surface area contributed by atoms with Crippen LogP contribution in [0.4, 0.5) is 0 Å². The van der Waals surface area contributed by atoms with Crippen molar-refractivity contribution in [1.29, 1.82) is 0 Å². The van der Waals surface area contributed by atoms with Crippen LogP contribution < -0.4 is 0 Å². The average Bonchev–Trinajstić information content (AvgIpc) is 2.04. The van der Waals surface area contributed by atoms with Gasteiger partial charge in [0.1, 0.15) is 5.75 Å². The number of hydrogen-bond acceptors (Lipinski definition) is 3. The van der Waals surface area contributed by atoms with Crippen molar-refractivity contribution < 1.29 is 14.6 Å². The Morgan fingerprint density at radius 1 is 1.42 bits per heavy atom. The van der Waals surface area contributed by atoms with E-state index in [2.05, 4.69) is 4.65 Å². The van der Waals surface area contributed by atoms with Crippen LogP contribution in [0.1, 0.15) is 10.4 Å². The normalized spacial score (nSPS) is 8.33. The predicted octanol–water partition coefficient (Wildman–Crippen LogP) is -0.551. The molecular formula is C7H8BNaO3. The monoisotopic (exact) mass is 174 g/mol. The van der Waals surface area contributed by atoms with Gasteiger partial charge in [0.05, 0.1) is 5.56 Å². The van der Waals surface area contributed by atoms with Gasteiger partial charge in [-0.05, 0) is 12.1 Å². The van der Waals surface area contributed by atoms with Gasteiger partial charge in [-0.25, -0.2) is 4.79 Å². The second-order valence-electron chi connectivity index (χ2n) is 2.01. The number of para-hydroxylation sites is 1. The van der Waals surface area contributed by atoms with Crippen molar-refractivity contribution in [2.24, 2.45) is 0 Å². The van der Waals surface area contributed by atoms with Gasteiger partial charge in [-0.15, -0.1) is 0 Å². The van der Waals surface area contributed by atoms with E-state index in [1.165, 1.54) is 20.2 Å². The number of aromatic hydroxyl groups is 1. The van der Waals surface area contributed by atoms with Gasteiger partial charge >= 0.3 is 43.6 Å². The standard InChI is InChI=1S/C7H7BO3.Na.H/c8-11-7(10)5-3-1-2-4-6(5)9;;/h1-4,9H,8H2;;. The molecule has 12 heavy (non-hydrogen) atoms. The molecule has 0 aliphatic carbocycles. The van der Waals surface area contributed by atoms with E-state index in [0.29, 0.717) is 0 Å². The fourth-order valence-electron chi connectivity index (χ4n) is 0.756. The van der Waals surface area contributed by atoms with E-state index in [0.717, 1.165) is 0 Å². The number of carbonyl (C=O) groups is 1. The van der Waals surface area contributed by atoms with E-state index in [9.17, 15) is 4.79 Å². The average molecular weight is 174 g/mol. The number of phenolic OH excluding ortho intramolecular Hbond substituents is 1. The maximum atomic E-state index is 10.9. The second-order valence-corrected chi connectivity index (χ2v) is 2.01. The third-order valence-electron chi connectivity index (χ3n) is 1.31. The van der Waals surface area contributed by atoms with Gasteiger partial charge in [0.2, 0.25) is 0 Å². The number of phenols is 1. The Hall–Kier alpha value is -0.445. The molecule has 0 saturated carbocycles. The Morgan fingerprint density at radius 3 is 2.50 bits per heavy atom. The quantitative estimate of drug-likeness (QED) is 0.581. The summed E-state index contributed by atoms with van der Waals surface area (Å²) in [7, 11) is 1.27. The van der Waals surface area contributed by atoms with Crippen LogP contribution in [0.15, 0.2) is 24.3 Å². The molecule has 0 radical (unpaired) electrons. The van der Waals surface area contributed by atoms with Gasteiger partial charge in [0, 0.05) is 0 Å². The van der Waals surface area contributed by atoms with Gasteiger partial charge in [-0.1, -0.05) is 12.1 Å². The third-order valence-corrected chi connectivity index (χ3v) is 1.31. The summed E-state index contributed by atoms with van der Waals surface area (Å²) >= 11 is 0. The van der Waals surface area contributed by atoms with Crippen molar-refractivity contribution in [3.05, 3.63) is 29.8 Å². The van der Waals surface area contributed by atoms with Crippen LogP contribution in [0.3, 0.4) is 0 Å². The van der Waals surface area contributed by atoms with Crippen LogP contribution in [0, 0.1) is 0 Å².